The molecule has 0 radical (unpaired) electrons. The Hall–Kier alpha value is -4.17. The van der Waals surface area contributed by atoms with Gasteiger partial charge in [-0.25, -0.2) is 19.4 Å². The first kappa shape index (κ1) is 37.6. The highest BCUT2D eigenvalue weighted by Crippen LogP contribution is 2.43. The summed E-state index contributed by atoms with van der Waals surface area (Å²) in [6.07, 6.45) is 2.22. The van der Waals surface area contributed by atoms with Crippen LogP contribution in [0.4, 0.5) is 0 Å². The minimum atomic E-state index is -1.97. The lowest BCUT2D eigenvalue weighted by atomic mass is 9.78. The fourth-order valence-corrected chi connectivity index (χ4v) is 6.21. The van der Waals surface area contributed by atoms with Crippen LogP contribution in [0.2, 0.25) is 18.1 Å². The van der Waals surface area contributed by atoms with Crippen LogP contribution in [0.5, 0.6) is 5.75 Å². The Balaban J connectivity index is 1.58. The maximum absolute atomic E-state index is 13.5. The van der Waals surface area contributed by atoms with Crippen LogP contribution in [0, 0.1) is 5.92 Å². The molecule has 1 heterocycles. The van der Waals surface area contributed by atoms with E-state index >= 15 is 0 Å². The number of aromatic amines is 1. The Morgan fingerprint density at radius 1 is 0.898 bits per heavy atom. The van der Waals surface area contributed by atoms with E-state index in [4.69, 9.17) is 28.4 Å². The number of H-pyrrole nitrogens is 1. The Labute approximate surface area is 287 Å². The van der Waals surface area contributed by atoms with Crippen LogP contribution in [0.1, 0.15) is 90.4 Å². The van der Waals surface area contributed by atoms with E-state index in [0.29, 0.717) is 37.9 Å². The van der Waals surface area contributed by atoms with E-state index in [0.717, 1.165) is 0 Å². The molecule has 0 atom stereocenters. The molecule has 1 N–H and O–H groups in total. The molecular formula is C36H46N2O10Si. The van der Waals surface area contributed by atoms with Gasteiger partial charge in [0, 0.05) is 6.61 Å². The number of nitrogens with one attached hydrogen (secondary N) is 1. The number of ether oxygens (including phenoxy) is 3. The molecule has 1 fully saturated rings. The average molecular weight is 695 g/mol. The Morgan fingerprint density at radius 3 is 2.06 bits per heavy atom. The molecule has 264 valence electrons. The first-order chi connectivity index (χ1) is 23.3. The van der Waals surface area contributed by atoms with E-state index in [1.54, 1.807) is 55.5 Å². The van der Waals surface area contributed by atoms with Crippen molar-refractivity contribution in [2.75, 3.05) is 26.4 Å². The third-order valence-corrected chi connectivity index (χ3v) is 13.6. The monoisotopic (exact) mass is 694 g/mol. The van der Waals surface area contributed by atoms with Crippen molar-refractivity contribution >= 4 is 26.2 Å². The molecule has 1 saturated carbocycles. The number of benzene rings is 2. The van der Waals surface area contributed by atoms with Crippen LogP contribution in [0.15, 0.2) is 65.5 Å². The molecule has 1 aliphatic carbocycles. The maximum Gasteiger partial charge on any atom is 0.373 e. The predicted octanol–water partition coefficient (Wildman–Crippen LogP) is 6.38. The van der Waals surface area contributed by atoms with Crippen LogP contribution >= 0.6 is 0 Å². The van der Waals surface area contributed by atoms with Crippen LogP contribution in [-0.4, -0.2) is 62.6 Å². The van der Waals surface area contributed by atoms with Crippen molar-refractivity contribution in [2.45, 2.75) is 77.1 Å². The first-order valence-corrected chi connectivity index (χ1v) is 19.4. The second kappa shape index (κ2) is 16.5. The van der Waals surface area contributed by atoms with Gasteiger partial charge in [-0.2, -0.15) is 4.89 Å². The molecule has 4 rings (SSSR count). The summed E-state index contributed by atoms with van der Waals surface area (Å²) in [7, 11) is -1.97. The highest BCUT2D eigenvalue weighted by molar-refractivity contribution is 6.74. The van der Waals surface area contributed by atoms with Crippen molar-refractivity contribution < 1.29 is 42.8 Å². The van der Waals surface area contributed by atoms with Crippen molar-refractivity contribution in [3.8, 4) is 5.75 Å². The van der Waals surface area contributed by atoms with E-state index in [-0.39, 0.29) is 42.2 Å². The summed E-state index contributed by atoms with van der Waals surface area (Å²) in [4.78, 5) is 69.2. The van der Waals surface area contributed by atoms with Gasteiger partial charge < -0.3 is 23.6 Å². The van der Waals surface area contributed by atoms with Gasteiger partial charge in [-0.1, -0.05) is 57.2 Å². The van der Waals surface area contributed by atoms with Crippen LogP contribution in [0.3, 0.4) is 0 Å². The summed E-state index contributed by atoms with van der Waals surface area (Å²) in [5, 5.41) is 0.0666. The molecule has 1 aliphatic rings. The number of carbonyl (C=O) groups is 3. The summed E-state index contributed by atoms with van der Waals surface area (Å²) < 4.78 is 23.5. The molecule has 0 saturated heterocycles. The fourth-order valence-electron chi connectivity index (χ4n) is 5.13. The van der Waals surface area contributed by atoms with E-state index in [1.165, 1.54) is 12.1 Å². The van der Waals surface area contributed by atoms with Gasteiger partial charge in [0.05, 0.1) is 24.3 Å². The number of aromatic nitrogens is 2. The SMILES string of the molecule is CCOC(=O)c1nc(C2(OCCOOC(=O)c3ccccc3)CCC(CO[Si](C)(C)C(C)(C)C)CC2)[nH]c(=O)c1OC(=O)c1ccccc1. The summed E-state index contributed by atoms with van der Waals surface area (Å²) in [6, 6.07) is 16.5. The van der Waals surface area contributed by atoms with Crippen molar-refractivity contribution in [3.05, 3.63) is 93.7 Å². The van der Waals surface area contributed by atoms with E-state index in [9.17, 15) is 19.2 Å². The number of esters is 2. The molecule has 13 heteroatoms. The Morgan fingerprint density at radius 2 is 1.49 bits per heavy atom. The molecule has 3 aromatic rings. The second-order valence-electron chi connectivity index (χ2n) is 13.5. The third-order valence-electron chi connectivity index (χ3n) is 9.07. The van der Waals surface area contributed by atoms with Gasteiger partial charge in [0.1, 0.15) is 18.0 Å². The van der Waals surface area contributed by atoms with Gasteiger partial charge in [0.15, 0.2) is 14.0 Å². The van der Waals surface area contributed by atoms with Crippen LogP contribution in [-0.2, 0) is 29.3 Å². The maximum atomic E-state index is 13.5. The van der Waals surface area contributed by atoms with Crippen LogP contribution in [0.25, 0.3) is 0 Å². The number of rotatable bonds is 14. The van der Waals surface area contributed by atoms with Crippen molar-refractivity contribution in [1.29, 1.82) is 0 Å². The summed E-state index contributed by atoms with van der Waals surface area (Å²) >= 11 is 0. The third kappa shape index (κ3) is 9.72. The zero-order valence-electron chi connectivity index (χ0n) is 29.0. The predicted molar refractivity (Wildman–Crippen MR) is 183 cm³/mol. The van der Waals surface area contributed by atoms with Crippen molar-refractivity contribution in [3.63, 3.8) is 0 Å². The molecule has 0 aliphatic heterocycles. The van der Waals surface area contributed by atoms with E-state index in [1.807, 2.05) is 0 Å². The number of carbonyl (C=O) groups excluding carboxylic acids is 3. The number of hydrogen-bond acceptors (Lipinski definition) is 11. The number of hydrogen-bond donors (Lipinski definition) is 1. The Kier molecular flexibility index (Phi) is 12.7. The largest absolute Gasteiger partial charge is 0.461 e. The highest BCUT2D eigenvalue weighted by atomic mass is 28.4. The van der Waals surface area contributed by atoms with Crippen molar-refractivity contribution in [1.82, 2.24) is 9.97 Å². The average Bonchev–Trinajstić information content (AvgIpc) is 3.08. The molecular weight excluding hydrogens is 648 g/mol. The molecule has 2 aromatic carbocycles. The molecule has 0 amide bonds. The molecule has 12 nitrogen and oxygen atoms in total. The van der Waals surface area contributed by atoms with E-state index in [2.05, 4.69) is 43.8 Å². The normalized spacial score (nSPS) is 18.0. The second-order valence-corrected chi connectivity index (χ2v) is 18.3. The minimum absolute atomic E-state index is 0.00527. The Bertz CT molecular complexity index is 1630. The quantitative estimate of drug-likeness (QED) is 0.0658. The first-order valence-electron chi connectivity index (χ1n) is 16.5. The highest BCUT2D eigenvalue weighted by Gasteiger charge is 2.43. The van der Waals surface area contributed by atoms with Gasteiger partial charge in [0.25, 0.3) is 5.56 Å². The van der Waals surface area contributed by atoms with Crippen molar-refractivity contribution in [2.24, 2.45) is 5.92 Å². The lowest BCUT2D eigenvalue weighted by Gasteiger charge is -2.41. The lowest BCUT2D eigenvalue weighted by molar-refractivity contribution is -0.254. The van der Waals surface area contributed by atoms with Gasteiger partial charge in [-0.05, 0) is 80.9 Å². The summed E-state index contributed by atoms with van der Waals surface area (Å²) in [5.74, 6) is -2.65. The topological polar surface area (TPSA) is 152 Å². The zero-order valence-corrected chi connectivity index (χ0v) is 30.0. The van der Waals surface area contributed by atoms with Crippen LogP contribution < -0.4 is 10.3 Å². The molecule has 0 unspecified atom stereocenters. The van der Waals surface area contributed by atoms with Gasteiger partial charge in [-0.15, -0.1) is 0 Å². The van der Waals surface area contributed by atoms with Gasteiger partial charge >= 0.3 is 17.9 Å². The summed E-state index contributed by atoms with van der Waals surface area (Å²) in [6.45, 7) is 13.1. The van der Waals surface area contributed by atoms with E-state index < -0.39 is 48.8 Å². The lowest BCUT2D eigenvalue weighted by Crippen LogP contribution is -2.44. The number of nitrogens with zero attached hydrogens (tertiary/aromatic N) is 1. The smallest absolute Gasteiger partial charge is 0.373 e. The standard InChI is InChI=1S/C36H46N2O10Si/c1-7-43-33(42)28-29(47-31(40)26-14-10-8-11-15-26)30(39)38-34(37-28)36(44-22-23-45-48-32(41)27-16-12-9-13-17-27)20-18-25(19-21-36)24-46-49(5,6)35(2,3)4/h8-17,25H,7,18-24H2,1-6H3,(H,37,38,39). The minimum Gasteiger partial charge on any atom is -0.461 e. The molecule has 0 spiro atoms. The molecule has 1 aromatic heterocycles. The molecule has 49 heavy (non-hydrogen) atoms. The van der Waals surface area contributed by atoms with Gasteiger partial charge in [-0.3, -0.25) is 9.68 Å². The summed E-state index contributed by atoms with van der Waals surface area (Å²) in [5.41, 5.74) is -1.91. The van der Waals surface area contributed by atoms with Gasteiger partial charge in [0.2, 0.25) is 5.75 Å². The molecule has 0 bridgehead atoms. The fraction of sp³-hybridized carbons (Fsp3) is 0.472. The zero-order chi connectivity index (χ0) is 35.7.